The van der Waals surface area contributed by atoms with E-state index in [0.717, 1.165) is 18.2 Å². The first-order valence-electron chi connectivity index (χ1n) is 7.78. The van der Waals surface area contributed by atoms with Gasteiger partial charge in [0.15, 0.2) is 6.61 Å². The van der Waals surface area contributed by atoms with E-state index in [9.17, 15) is 4.79 Å². The number of benzene rings is 2. The van der Waals surface area contributed by atoms with Gasteiger partial charge in [-0.1, -0.05) is 31.2 Å². The molecule has 5 heteroatoms. The number of aromatic nitrogens is 2. The average molecular weight is 308 g/mol. The van der Waals surface area contributed by atoms with Crippen LogP contribution in [0, 0.1) is 0 Å². The van der Waals surface area contributed by atoms with E-state index in [2.05, 4.69) is 16.3 Å². The third-order valence-electron chi connectivity index (χ3n) is 4.23. The van der Waals surface area contributed by atoms with Crippen LogP contribution in [0.5, 0.6) is 0 Å². The van der Waals surface area contributed by atoms with Crippen molar-refractivity contribution >= 4 is 16.7 Å². The van der Waals surface area contributed by atoms with Crippen LogP contribution in [0.4, 0.5) is 0 Å². The van der Waals surface area contributed by atoms with Crippen LogP contribution >= 0.6 is 0 Å². The molecule has 0 spiro atoms. The fraction of sp³-hybridized carbons (Fsp3) is 0.278. The van der Waals surface area contributed by atoms with Gasteiger partial charge in [-0.05, 0) is 40.8 Å². The predicted octanol–water partition coefficient (Wildman–Crippen LogP) is 3.24. The van der Waals surface area contributed by atoms with Crippen molar-refractivity contribution in [2.75, 3.05) is 0 Å². The van der Waals surface area contributed by atoms with Crippen molar-refractivity contribution in [3.8, 4) is 0 Å². The zero-order valence-electron chi connectivity index (χ0n) is 12.8. The molecule has 0 unspecified atom stereocenters. The van der Waals surface area contributed by atoms with E-state index in [0.29, 0.717) is 23.8 Å². The minimum Gasteiger partial charge on any atom is -0.452 e. The highest BCUT2D eigenvalue weighted by molar-refractivity contribution is 6.07. The van der Waals surface area contributed by atoms with Gasteiger partial charge >= 0.3 is 5.97 Å². The third-order valence-corrected chi connectivity index (χ3v) is 4.23. The molecule has 1 heterocycles. The first kappa shape index (κ1) is 13.9. The lowest BCUT2D eigenvalue weighted by Crippen LogP contribution is -2.06. The van der Waals surface area contributed by atoms with Gasteiger partial charge in [0.2, 0.25) is 5.89 Å². The highest BCUT2D eigenvalue weighted by atomic mass is 16.5. The Labute approximate surface area is 133 Å². The highest BCUT2D eigenvalue weighted by Gasteiger charge is 2.20. The molecular formula is C18H16N2O3. The zero-order chi connectivity index (χ0) is 15.8. The van der Waals surface area contributed by atoms with Gasteiger partial charge in [0.25, 0.3) is 5.89 Å². The second-order valence-electron chi connectivity index (χ2n) is 5.63. The zero-order valence-corrected chi connectivity index (χ0v) is 12.8. The summed E-state index contributed by atoms with van der Waals surface area (Å²) in [6.07, 6.45) is 2.73. The number of nitrogens with zero attached hydrogens (tertiary/aromatic N) is 2. The number of ether oxygens (including phenoxy) is 1. The maximum atomic E-state index is 12.4. The Morgan fingerprint density at radius 1 is 1.13 bits per heavy atom. The minimum absolute atomic E-state index is 0.00519. The van der Waals surface area contributed by atoms with Crippen molar-refractivity contribution in [3.05, 3.63) is 58.8 Å². The molecule has 0 fully saturated rings. The SMILES string of the molecule is CCc1nnc(COC(=O)c2ccc3c4c(cccc24)CC3)o1. The number of esters is 1. The van der Waals surface area contributed by atoms with E-state index < -0.39 is 0 Å². The topological polar surface area (TPSA) is 65.2 Å². The molecule has 1 aliphatic rings. The number of rotatable bonds is 4. The Kier molecular flexibility index (Phi) is 3.33. The second-order valence-corrected chi connectivity index (χ2v) is 5.63. The van der Waals surface area contributed by atoms with E-state index >= 15 is 0 Å². The molecule has 0 bridgehead atoms. The van der Waals surface area contributed by atoms with Gasteiger partial charge in [-0.2, -0.15) is 0 Å². The van der Waals surface area contributed by atoms with Gasteiger partial charge < -0.3 is 9.15 Å². The summed E-state index contributed by atoms with van der Waals surface area (Å²) in [6.45, 7) is 1.92. The molecule has 0 saturated carbocycles. The third kappa shape index (κ3) is 2.38. The fourth-order valence-electron chi connectivity index (χ4n) is 3.12. The van der Waals surface area contributed by atoms with Crippen molar-refractivity contribution in [1.29, 1.82) is 0 Å². The Morgan fingerprint density at radius 3 is 2.70 bits per heavy atom. The summed E-state index contributed by atoms with van der Waals surface area (Å²) in [5.74, 6) is 0.499. The van der Waals surface area contributed by atoms with Crippen LogP contribution < -0.4 is 0 Å². The van der Waals surface area contributed by atoms with Crippen LogP contribution in [0.25, 0.3) is 10.8 Å². The van der Waals surface area contributed by atoms with Gasteiger partial charge in [-0.3, -0.25) is 0 Å². The van der Waals surface area contributed by atoms with Gasteiger partial charge in [-0.25, -0.2) is 4.79 Å². The first-order valence-corrected chi connectivity index (χ1v) is 7.78. The molecule has 0 atom stereocenters. The standard InChI is InChI=1S/C18H16N2O3/c1-2-15-19-20-16(23-15)10-22-18(21)14-9-8-12-7-6-11-4-3-5-13(14)17(11)12/h3-5,8-9H,2,6-7,10H2,1H3. The molecule has 1 aliphatic carbocycles. The lowest BCUT2D eigenvalue weighted by Gasteiger charge is -2.08. The summed E-state index contributed by atoms with van der Waals surface area (Å²) >= 11 is 0. The molecule has 23 heavy (non-hydrogen) atoms. The minimum atomic E-state index is -0.364. The summed E-state index contributed by atoms with van der Waals surface area (Å²) in [5.41, 5.74) is 3.19. The molecule has 2 aromatic carbocycles. The molecule has 0 amide bonds. The van der Waals surface area contributed by atoms with Crippen LogP contribution in [0.1, 0.15) is 40.2 Å². The average Bonchev–Trinajstić information content (AvgIpc) is 3.21. The smallest absolute Gasteiger partial charge is 0.339 e. The number of hydrogen-bond donors (Lipinski definition) is 0. The maximum absolute atomic E-state index is 12.4. The number of carbonyl (C=O) groups excluding carboxylic acids is 1. The Bertz CT molecular complexity index is 888. The monoisotopic (exact) mass is 308 g/mol. The Balaban J connectivity index is 1.60. The largest absolute Gasteiger partial charge is 0.452 e. The molecule has 1 aromatic heterocycles. The van der Waals surface area contributed by atoms with E-state index in [-0.39, 0.29) is 12.6 Å². The number of carbonyl (C=O) groups is 1. The van der Waals surface area contributed by atoms with Crippen molar-refractivity contribution < 1.29 is 13.9 Å². The summed E-state index contributed by atoms with van der Waals surface area (Å²) in [4.78, 5) is 12.4. The van der Waals surface area contributed by atoms with Gasteiger partial charge in [0.05, 0.1) is 5.56 Å². The van der Waals surface area contributed by atoms with Crippen LogP contribution in [0.15, 0.2) is 34.7 Å². The lowest BCUT2D eigenvalue weighted by molar-refractivity contribution is 0.0439. The summed E-state index contributed by atoms with van der Waals surface area (Å²) in [6, 6.07) is 9.97. The van der Waals surface area contributed by atoms with Crippen LogP contribution in [-0.4, -0.2) is 16.2 Å². The van der Waals surface area contributed by atoms with Gasteiger partial charge in [0.1, 0.15) is 0 Å². The molecule has 0 saturated heterocycles. The van der Waals surface area contributed by atoms with Crippen LogP contribution in [0.3, 0.4) is 0 Å². The van der Waals surface area contributed by atoms with Crippen molar-refractivity contribution in [1.82, 2.24) is 10.2 Å². The van der Waals surface area contributed by atoms with E-state index in [1.54, 1.807) is 0 Å². The maximum Gasteiger partial charge on any atom is 0.339 e. The van der Waals surface area contributed by atoms with Gasteiger partial charge in [-0.15, -0.1) is 10.2 Å². The Hall–Kier alpha value is -2.69. The summed E-state index contributed by atoms with van der Waals surface area (Å²) < 4.78 is 10.7. The van der Waals surface area contributed by atoms with Crippen molar-refractivity contribution in [2.45, 2.75) is 32.8 Å². The van der Waals surface area contributed by atoms with Gasteiger partial charge in [0, 0.05) is 6.42 Å². The van der Waals surface area contributed by atoms with E-state index in [1.807, 2.05) is 31.2 Å². The Morgan fingerprint density at radius 2 is 1.91 bits per heavy atom. The fourth-order valence-corrected chi connectivity index (χ4v) is 3.12. The second kappa shape index (κ2) is 5.50. The van der Waals surface area contributed by atoms with Crippen LogP contribution in [-0.2, 0) is 30.6 Å². The first-order chi connectivity index (χ1) is 11.3. The number of aryl methyl sites for hydroxylation is 3. The lowest BCUT2D eigenvalue weighted by atomic mass is 10.00. The molecule has 0 aliphatic heterocycles. The molecular weight excluding hydrogens is 292 g/mol. The molecule has 5 nitrogen and oxygen atoms in total. The van der Waals surface area contributed by atoms with E-state index in [4.69, 9.17) is 9.15 Å². The molecule has 0 N–H and O–H groups in total. The molecule has 3 aromatic rings. The quantitative estimate of drug-likeness (QED) is 0.692. The summed E-state index contributed by atoms with van der Waals surface area (Å²) in [5, 5.41) is 9.88. The highest BCUT2D eigenvalue weighted by Crippen LogP contribution is 2.33. The number of hydrogen-bond acceptors (Lipinski definition) is 5. The van der Waals surface area contributed by atoms with Crippen molar-refractivity contribution in [2.24, 2.45) is 0 Å². The van der Waals surface area contributed by atoms with Crippen LogP contribution in [0.2, 0.25) is 0 Å². The van der Waals surface area contributed by atoms with E-state index in [1.165, 1.54) is 16.5 Å². The molecule has 116 valence electrons. The molecule has 0 radical (unpaired) electrons. The molecule has 4 rings (SSSR count). The predicted molar refractivity (Wildman–Crippen MR) is 84.2 cm³/mol. The van der Waals surface area contributed by atoms with Crippen molar-refractivity contribution in [3.63, 3.8) is 0 Å². The summed E-state index contributed by atoms with van der Waals surface area (Å²) in [7, 11) is 0. The normalized spacial score (nSPS) is 12.7.